The van der Waals surface area contributed by atoms with Crippen LogP contribution < -0.4 is 10.0 Å². The van der Waals surface area contributed by atoms with Crippen LogP contribution in [0.2, 0.25) is 0 Å². The molecule has 0 spiro atoms. The molecule has 0 aliphatic rings. The van der Waals surface area contributed by atoms with E-state index in [0.717, 1.165) is 36.6 Å². The van der Waals surface area contributed by atoms with Crippen LogP contribution in [0.15, 0.2) is 36.4 Å². The molecule has 0 aliphatic carbocycles. The highest BCUT2D eigenvalue weighted by Gasteiger charge is 2.30. The van der Waals surface area contributed by atoms with Crippen LogP contribution in [0.5, 0.6) is 0 Å². The van der Waals surface area contributed by atoms with Gasteiger partial charge in [0.15, 0.2) is 11.6 Å². The fourth-order valence-corrected chi connectivity index (χ4v) is 3.88. The number of anilines is 1. The maximum atomic E-state index is 14.3. The van der Waals surface area contributed by atoms with Gasteiger partial charge in [-0.3, -0.25) is 9.52 Å². The molecule has 186 valence electrons. The first-order valence-corrected chi connectivity index (χ1v) is 12.3. The van der Waals surface area contributed by atoms with Gasteiger partial charge in [-0.15, -0.1) is 0 Å². The summed E-state index contributed by atoms with van der Waals surface area (Å²) in [5.41, 5.74) is -0.628. The Bertz CT molecular complexity index is 1150. The van der Waals surface area contributed by atoms with E-state index in [2.05, 4.69) is 5.32 Å². The Balaban J connectivity index is 2.23. The summed E-state index contributed by atoms with van der Waals surface area (Å²) in [4.78, 5) is 12.4. The van der Waals surface area contributed by atoms with Crippen molar-refractivity contribution in [1.29, 1.82) is 0 Å². The SMILES string of the molecule is CCCc1cc(C(F)(F)F)ccc1/C=C/C(=O)N[C@H](CC)c1cc(F)c(NS(C)(=O)=O)c(F)c1. The predicted octanol–water partition coefficient (Wildman–Crippen LogP) is 5.59. The minimum Gasteiger partial charge on any atom is -0.346 e. The van der Waals surface area contributed by atoms with E-state index in [1.165, 1.54) is 12.1 Å². The molecule has 0 saturated heterocycles. The van der Waals surface area contributed by atoms with E-state index in [1.807, 2.05) is 6.92 Å². The van der Waals surface area contributed by atoms with Crippen LogP contribution in [0.25, 0.3) is 6.08 Å². The van der Waals surface area contributed by atoms with E-state index >= 15 is 0 Å². The second-order valence-corrected chi connectivity index (χ2v) is 9.45. The molecule has 11 heteroatoms. The fraction of sp³-hybridized carbons (Fsp3) is 0.348. The van der Waals surface area contributed by atoms with E-state index in [4.69, 9.17) is 0 Å². The molecule has 0 unspecified atom stereocenters. The van der Waals surface area contributed by atoms with Crippen LogP contribution in [-0.2, 0) is 27.4 Å². The lowest BCUT2D eigenvalue weighted by atomic mass is 9.99. The number of alkyl halides is 3. The summed E-state index contributed by atoms with van der Waals surface area (Å²) in [6.07, 6.45) is 0.0445. The number of hydrogen-bond acceptors (Lipinski definition) is 3. The quantitative estimate of drug-likeness (QED) is 0.345. The summed E-state index contributed by atoms with van der Waals surface area (Å²) in [5, 5.41) is 2.58. The summed E-state index contributed by atoms with van der Waals surface area (Å²) < 4.78 is 91.9. The number of carbonyl (C=O) groups is 1. The Morgan fingerprint density at radius 1 is 1.09 bits per heavy atom. The first kappa shape index (κ1) is 27.3. The normalized spacial score (nSPS) is 13.2. The fourth-order valence-electron chi connectivity index (χ4n) is 3.31. The van der Waals surface area contributed by atoms with Crippen molar-refractivity contribution < 1.29 is 35.2 Å². The smallest absolute Gasteiger partial charge is 0.346 e. The van der Waals surface area contributed by atoms with Crippen LogP contribution in [0, 0.1) is 11.6 Å². The Kier molecular flexibility index (Phi) is 8.82. The molecule has 0 fully saturated rings. The van der Waals surface area contributed by atoms with Crippen molar-refractivity contribution >= 4 is 27.7 Å². The highest BCUT2D eigenvalue weighted by Crippen LogP contribution is 2.31. The zero-order valence-electron chi connectivity index (χ0n) is 18.8. The lowest BCUT2D eigenvalue weighted by Crippen LogP contribution is -2.26. The molecule has 0 heterocycles. The molecular formula is C23H25F5N2O3S. The Morgan fingerprint density at radius 3 is 2.21 bits per heavy atom. The van der Waals surface area contributed by atoms with Crippen molar-refractivity contribution in [3.05, 3.63) is 70.3 Å². The number of carbonyl (C=O) groups excluding carboxylic acids is 1. The molecule has 0 aromatic heterocycles. The average Bonchev–Trinajstić information content (AvgIpc) is 2.72. The molecule has 5 nitrogen and oxygen atoms in total. The second-order valence-electron chi connectivity index (χ2n) is 7.70. The second kappa shape index (κ2) is 11.0. The number of hydrogen-bond donors (Lipinski definition) is 2. The largest absolute Gasteiger partial charge is 0.416 e. The number of sulfonamides is 1. The number of benzene rings is 2. The van der Waals surface area contributed by atoms with Crippen LogP contribution in [-0.4, -0.2) is 20.6 Å². The topological polar surface area (TPSA) is 75.3 Å². The molecule has 0 saturated carbocycles. The van der Waals surface area contributed by atoms with Gasteiger partial charge in [-0.2, -0.15) is 13.2 Å². The van der Waals surface area contributed by atoms with E-state index in [-0.39, 0.29) is 12.0 Å². The van der Waals surface area contributed by atoms with Crippen molar-refractivity contribution in [3.8, 4) is 0 Å². The molecule has 2 rings (SSSR count). The summed E-state index contributed by atoms with van der Waals surface area (Å²) in [6, 6.07) is 4.31. The van der Waals surface area contributed by atoms with E-state index < -0.39 is 51.0 Å². The highest BCUT2D eigenvalue weighted by molar-refractivity contribution is 7.92. The third kappa shape index (κ3) is 7.54. The number of nitrogens with one attached hydrogen (secondary N) is 2. The molecule has 2 aromatic rings. The molecule has 0 bridgehead atoms. The number of rotatable bonds is 9. The standard InChI is InChI=1S/C23H25F5N2O3S/c1-4-6-15-11-17(23(26,27)28)9-7-14(15)8-10-21(31)29-20(5-2)16-12-18(24)22(19(25)13-16)30-34(3,32)33/h7-13,20,30H,4-6H2,1-3H3,(H,29,31)/b10-8+/t20-/m1/s1. The number of amides is 1. The molecule has 0 radical (unpaired) electrons. The molecule has 2 aromatic carbocycles. The number of halogens is 5. The van der Waals surface area contributed by atoms with Gasteiger partial charge in [-0.25, -0.2) is 17.2 Å². The molecule has 1 amide bonds. The third-order valence-corrected chi connectivity index (χ3v) is 5.46. The van der Waals surface area contributed by atoms with Gasteiger partial charge >= 0.3 is 6.18 Å². The average molecular weight is 505 g/mol. The first-order valence-electron chi connectivity index (χ1n) is 10.4. The van der Waals surface area contributed by atoms with Gasteiger partial charge in [-0.05, 0) is 59.9 Å². The number of aryl methyl sites for hydroxylation is 1. The molecule has 1 atom stereocenters. The van der Waals surface area contributed by atoms with Crippen molar-refractivity contribution in [2.75, 3.05) is 11.0 Å². The Labute approximate surface area is 195 Å². The predicted molar refractivity (Wildman–Crippen MR) is 120 cm³/mol. The van der Waals surface area contributed by atoms with E-state index in [9.17, 15) is 35.2 Å². The minimum absolute atomic E-state index is 0.0829. The Hall–Kier alpha value is -2.95. The lowest BCUT2D eigenvalue weighted by Gasteiger charge is -2.18. The monoisotopic (exact) mass is 504 g/mol. The summed E-state index contributed by atoms with van der Waals surface area (Å²) in [5.74, 6) is -2.90. The molecule has 2 N–H and O–H groups in total. The third-order valence-electron chi connectivity index (χ3n) is 4.88. The lowest BCUT2D eigenvalue weighted by molar-refractivity contribution is -0.137. The molecular weight excluding hydrogens is 479 g/mol. The Morgan fingerprint density at radius 2 is 1.71 bits per heavy atom. The first-order chi connectivity index (χ1) is 15.7. The zero-order valence-corrected chi connectivity index (χ0v) is 19.6. The summed E-state index contributed by atoms with van der Waals surface area (Å²) in [7, 11) is -3.90. The maximum absolute atomic E-state index is 14.3. The van der Waals surface area contributed by atoms with Crippen molar-refractivity contribution in [2.24, 2.45) is 0 Å². The van der Waals surface area contributed by atoms with E-state index in [1.54, 1.807) is 11.6 Å². The zero-order chi connectivity index (χ0) is 25.7. The van der Waals surface area contributed by atoms with Crippen LogP contribution in [0.1, 0.15) is 55.0 Å². The maximum Gasteiger partial charge on any atom is 0.416 e. The van der Waals surface area contributed by atoms with E-state index in [0.29, 0.717) is 24.0 Å². The van der Waals surface area contributed by atoms with Crippen LogP contribution in [0.3, 0.4) is 0 Å². The van der Waals surface area contributed by atoms with Crippen molar-refractivity contribution in [2.45, 2.75) is 45.3 Å². The van der Waals surface area contributed by atoms with Gasteiger partial charge in [0.05, 0.1) is 17.9 Å². The molecule has 0 aliphatic heterocycles. The van der Waals surface area contributed by atoms with Gasteiger partial charge in [-0.1, -0.05) is 26.3 Å². The van der Waals surface area contributed by atoms with Gasteiger partial charge in [0, 0.05) is 6.08 Å². The van der Waals surface area contributed by atoms with Gasteiger partial charge < -0.3 is 5.32 Å². The van der Waals surface area contributed by atoms with Crippen molar-refractivity contribution in [1.82, 2.24) is 5.32 Å². The summed E-state index contributed by atoms with van der Waals surface area (Å²) >= 11 is 0. The molecule has 34 heavy (non-hydrogen) atoms. The van der Waals surface area contributed by atoms with Gasteiger partial charge in [0.25, 0.3) is 0 Å². The van der Waals surface area contributed by atoms with Crippen molar-refractivity contribution in [3.63, 3.8) is 0 Å². The summed E-state index contributed by atoms with van der Waals surface area (Å²) in [6.45, 7) is 3.49. The van der Waals surface area contributed by atoms with Gasteiger partial charge in [0.1, 0.15) is 5.69 Å². The highest BCUT2D eigenvalue weighted by atomic mass is 32.2. The van der Waals surface area contributed by atoms with Gasteiger partial charge in [0.2, 0.25) is 15.9 Å². The van der Waals surface area contributed by atoms with Crippen LogP contribution in [0.4, 0.5) is 27.6 Å². The van der Waals surface area contributed by atoms with Crippen LogP contribution >= 0.6 is 0 Å². The minimum atomic E-state index is -4.48.